The number of rotatable bonds is 8. The van der Waals surface area contributed by atoms with Gasteiger partial charge in [0.1, 0.15) is 12.4 Å². The van der Waals surface area contributed by atoms with Crippen molar-refractivity contribution in [3.63, 3.8) is 0 Å². The van der Waals surface area contributed by atoms with Crippen molar-refractivity contribution in [1.82, 2.24) is 4.98 Å². The lowest BCUT2D eigenvalue weighted by Gasteiger charge is -2.24. The molecule has 0 saturated heterocycles. The standard InChI is InChI=1S/C24H20N2O6S/c1-4-10-31-16-8-5-7-15(12-16)19-18(20(28)17-9-6-11-32-17)21(29)23(30)26(19)24-25-13(2)22(33-24)14(3)27/h4-9,11-12,19,29H,1,10H2,2-3H3. The summed E-state index contributed by atoms with van der Waals surface area (Å²) in [5, 5.41) is 11.0. The van der Waals surface area contributed by atoms with Crippen LogP contribution in [0.25, 0.3) is 0 Å². The quantitative estimate of drug-likeness (QED) is 0.383. The Labute approximate surface area is 193 Å². The van der Waals surface area contributed by atoms with E-state index in [0.29, 0.717) is 21.9 Å². The smallest absolute Gasteiger partial charge is 0.296 e. The van der Waals surface area contributed by atoms with Gasteiger partial charge in [-0.1, -0.05) is 36.1 Å². The highest BCUT2D eigenvalue weighted by Gasteiger charge is 2.46. The fraction of sp³-hybridized carbons (Fsp3) is 0.167. The van der Waals surface area contributed by atoms with Gasteiger partial charge in [0.15, 0.2) is 22.4 Å². The lowest BCUT2D eigenvalue weighted by molar-refractivity contribution is -0.117. The second-order valence-corrected chi connectivity index (χ2v) is 8.26. The predicted octanol–water partition coefficient (Wildman–Crippen LogP) is 4.59. The Hall–Kier alpha value is -3.98. The van der Waals surface area contributed by atoms with Crippen molar-refractivity contribution in [3.8, 4) is 5.75 Å². The molecule has 1 unspecified atom stereocenters. The third kappa shape index (κ3) is 3.98. The Bertz CT molecular complexity index is 1290. The van der Waals surface area contributed by atoms with Crippen molar-refractivity contribution >= 4 is 33.9 Å². The number of carbonyl (C=O) groups excluding carboxylic acids is 3. The zero-order chi connectivity index (χ0) is 23.7. The monoisotopic (exact) mass is 464 g/mol. The highest BCUT2D eigenvalue weighted by atomic mass is 32.1. The number of aromatic nitrogens is 1. The van der Waals surface area contributed by atoms with Gasteiger partial charge in [-0.3, -0.25) is 19.3 Å². The van der Waals surface area contributed by atoms with Gasteiger partial charge in [-0.05, 0) is 36.8 Å². The maximum absolute atomic E-state index is 13.3. The normalized spacial score (nSPS) is 15.8. The first kappa shape index (κ1) is 22.2. The van der Waals surface area contributed by atoms with Gasteiger partial charge in [-0.15, -0.1) is 0 Å². The summed E-state index contributed by atoms with van der Waals surface area (Å²) < 4.78 is 10.8. The fourth-order valence-corrected chi connectivity index (χ4v) is 4.62. The number of amides is 1. The van der Waals surface area contributed by atoms with Gasteiger partial charge < -0.3 is 14.3 Å². The molecule has 3 heterocycles. The summed E-state index contributed by atoms with van der Waals surface area (Å²) in [5.74, 6) is -1.84. The van der Waals surface area contributed by atoms with Crippen LogP contribution in [0.5, 0.6) is 5.75 Å². The summed E-state index contributed by atoms with van der Waals surface area (Å²) in [7, 11) is 0. The van der Waals surface area contributed by atoms with Gasteiger partial charge in [0.2, 0.25) is 5.78 Å². The highest BCUT2D eigenvalue weighted by Crippen LogP contribution is 2.44. The van der Waals surface area contributed by atoms with E-state index in [4.69, 9.17) is 9.15 Å². The predicted molar refractivity (Wildman–Crippen MR) is 122 cm³/mol. The van der Waals surface area contributed by atoms with Crippen LogP contribution in [0.1, 0.15) is 44.4 Å². The number of nitrogens with zero attached hydrogens (tertiary/aromatic N) is 2. The molecule has 168 valence electrons. The van der Waals surface area contributed by atoms with Gasteiger partial charge >= 0.3 is 0 Å². The Kier molecular flexibility index (Phi) is 5.97. The minimum absolute atomic E-state index is 0.0185. The lowest BCUT2D eigenvalue weighted by atomic mass is 9.95. The van der Waals surface area contributed by atoms with Crippen LogP contribution in [0, 0.1) is 6.92 Å². The number of Topliss-reactive ketones (excluding diaryl/α,β-unsaturated/α-hetero) is 2. The second-order valence-electron chi connectivity index (χ2n) is 7.29. The van der Waals surface area contributed by atoms with Gasteiger partial charge in [0.25, 0.3) is 5.91 Å². The van der Waals surface area contributed by atoms with Crippen molar-refractivity contribution in [2.45, 2.75) is 19.9 Å². The summed E-state index contributed by atoms with van der Waals surface area (Å²) in [4.78, 5) is 44.4. The number of anilines is 1. The molecule has 1 atom stereocenters. The molecular formula is C24H20N2O6S. The summed E-state index contributed by atoms with van der Waals surface area (Å²) >= 11 is 1.03. The topological polar surface area (TPSA) is 110 Å². The largest absolute Gasteiger partial charge is 0.503 e. The number of aliphatic hydroxyl groups excluding tert-OH is 1. The van der Waals surface area contributed by atoms with E-state index >= 15 is 0 Å². The number of thiazole rings is 1. The van der Waals surface area contributed by atoms with E-state index < -0.39 is 23.5 Å². The third-order valence-corrected chi connectivity index (χ3v) is 6.31. The molecule has 0 spiro atoms. The molecule has 3 aromatic rings. The van der Waals surface area contributed by atoms with Crippen LogP contribution < -0.4 is 9.64 Å². The SMILES string of the molecule is C=CCOc1cccc(C2C(C(=O)c3ccco3)=C(O)C(=O)N2c2nc(C)c(C(C)=O)s2)c1. The molecule has 2 aromatic heterocycles. The summed E-state index contributed by atoms with van der Waals surface area (Å²) in [6.07, 6.45) is 2.93. The fourth-order valence-electron chi connectivity index (χ4n) is 3.63. The molecule has 1 aliphatic heterocycles. The number of ketones is 2. The molecule has 0 aliphatic carbocycles. The van der Waals surface area contributed by atoms with Crippen molar-refractivity contribution in [2.24, 2.45) is 0 Å². The van der Waals surface area contributed by atoms with E-state index in [1.54, 1.807) is 43.3 Å². The molecule has 1 aromatic carbocycles. The van der Waals surface area contributed by atoms with Gasteiger partial charge in [0, 0.05) is 6.92 Å². The van der Waals surface area contributed by atoms with E-state index in [-0.39, 0.29) is 28.9 Å². The molecule has 1 aliphatic rings. The molecule has 1 N–H and O–H groups in total. The highest BCUT2D eigenvalue weighted by molar-refractivity contribution is 7.17. The van der Waals surface area contributed by atoms with Gasteiger partial charge in [0.05, 0.1) is 28.4 Å². The molecule has 33 heavy (non-hydrogen) atoms. The van der Waals surface area contributed by atoms with Gasteiger partial charge in [-0.2, -0.15) is 0 Å². The van der Waals surface area contributed by atoms with Crippen molar-refractivity contribution in [1.29, 1.82) is 0 Å². The summed E-state index contributed by atoms with van der Waals surface area (Å²) in [6, 6.07) is 8.83. The number of carbonyl (C=O) groups is 3. The molecule has 9 heteroatoms. The third-order valence-electron chi connectivity index (χ3n) is 5.05. The van der Waals surface area contributed by atoms with Crippen molar-refractivity contribution in [3.05, 3.63) is 88.5 Å². The van der Waals surface area contributed by atoms with Crippen molar-refractivity contribution < 1.29 is 28.6 Å². The minimum Gasteiger partial charge on any atom is -0.503 e. The number of furan rings is 1. The van der Waals surface area contributed by atoms with Crippen LogP contribution in [0.2, 0.25) is 0 Å². The number of hydrogen-bond donors (Lipinski definition) is 1. The Balaban J connectivity index is 1.87. The van der Waals surface area contributed by atoms with Gasteiger partial charge in [-0.25, -0.2) is 4.98 Å². The number of benzene rings is 1. The zero-order valence-electron chi connectivity index (χ0n) is 17.9. The first-order valence-electron chi connectivity index (χ1n) is 10.0. The minimum atomic E-state index is -1.01. The van der Waals surface area contributed by atoms with E-state index in [1.165, 1.54) is 24.2 Å². The summed E-state index contributed by atoms with van der Waals surface area (Å²) in [5.41, 5.74) is 0.830. The first-order valence-corrected chi connectivity index (χ1v) is 10.8. The Morgan fingerprint density at radius 1 is 1.33 bits per heavy atom. The van der Waals surface area contributed by atoms with E-state index in [9.17, 15) is 19.5 Å². The van der Waals surface area contributed by atoms with Crippen LogP contribution in [0.3, 0.4) is 0 Å². The van der Waals surface area contributed by atoms with Crippen molar-refractivity contribution in [2.75, 3.05) is 11.5 Å². The molecule has 4 rings (SSSR count). The molecule has 0 radical (unpaired) electrons. The van der Waals surface area contributed by atoms with Crippen LogP contribution in [0.4, 0.5) is 5.13 Å². The van der Waals surface area contributed by atoms with E-state index in [1.807, 2.05) is 0 Å². The zero-order valence-corrected chi connectivity index (χ0v) is 18.7. The molecule has 0 bridgehead atoms. The number of aliphatic hydroxyl groups is 1. The molecule has 1 amide bonds. The lowest BCUT2D eigenvalue weighted by Crippen LogP contribution is -2.31. The Morgan fingerprint density at radius 2 is 2.12 bits per heavy atom. The first-order chi connectivity index (χ1) is 15.8. The summed E-state index contributed by atoms with van der Waals surface area (Å²) in [6.45, 7) is 6.97. The average Bonchev–Trinajstić information content (AvgIpc) is 3.51. The average molecular weight is 464 g/mol. The molecule has 0 saturated carbocycles. The maximum Gasteiger partial charge on any atom is 0.296 e. The van der Waals surface area contributed by atoms with Crippen LogP contribution in [-0.4, -0.2) is 34.2 Å². The molecular weight excluding hydrogens is 444 g/mol. The van der Waals surface area contributed by atoms with Crippen LogP contribution in [0.15, 0.2) is 71.1 Å². The molecule has 8 nitrogen and oxygen atoms in total. The molecule has 0 fully saturated rings. The van der Waals surface area contributed by atoms with E-state index in [2.05, 4.69) is 11.6 Å². The number of hydrogen-bond acceptors (Lipinski definition) is 8. The number of aryl methyl sites for hydroxylation is 1. The Morgan fingerprint density at radius 3 is 2.76 bits per heavy atom. The van der Waals surface area contributed by atoms with Crippen LogP contribution >= 0.6 is 11.3 Å². The number of ether oxygens (including phenoxy) is 1. The van der Waals surface area contributed by atoms with Crippen LogP contribution in [-0.2, 0) is 4.79 Å². The van der Waals surface area contributed by atoms with E-state index in [0.717, 1.165) is 11.3 Å². The maximum atomic E-state index is 13.3. The second kappa shape index (κ2) is 8.87.